The number of ether oxygens (including phenoxy) is 1. The van der Waals surface area contributed by atoms with Crippen molar-refractivity contribution < 1.29 is 24.7 Å². The number of nitrogens with zero attached hydrogens (tertiary/aromatic N) is 1. The molecule has 2 aromatic carbocycles. The van der Waals surface area contributed by atoms with E-state index in [0.717, 1.165) is 5.69 Å². The zero-order chi connectivity index (χ0) is 20.5. The van der Waals surface area contributed by atoms with Crippen molar-refractivity contribution in [1.82, 2.24) is 4.98 Å². The van der Waals surface area contributed by atoms with Crippen molar-refractivity contribution in [1.29, 1.82) is 0 Å². The van der Waals surface area contributed by atoms with E-state index in [1.165, 1.54) is 5.32 Å². The summed E-state index contributed by atoms with van der Waals surface area (Å²) < 4.78 is 5.70. The Balaban J connectivity index is 1.52. The van der Waals surface area contributed by atoms with Crippen molar-refractivity contribution in [2.45, 2.75) is 19.0 Å². The number of carboxylic acids is 1. The number of hydrogen-bond acceptors (Lipinski definition) is 5. The molecule has 3 aromatic rings. The average Bonchev–Trinajstić information content (AvgIpc) is 2.74. The van der Waals surface area contributed by atoms with Crippen LogP contribution in [-0.2, 0) is 16.1 Å². The number of hydrogen-bond donors (Lipinski definition) is 2. The van der Waals surface area contributed by atoms with Gasteiger partial charge < -0.3 is 25.3 Å². The molecule has 0 bridgehead atoms. The predicted molar refractivity (Wildman–Crippen MR) is 105 cm³/mol. The highest BCUT2D eigenvalue weighted by molar-refractivity contribution is 5.93. The molecule has 7 heteroatoms. The molecule has 3 rings (SSSR count). The van der Waals surface area contributed by atoms with E-state index in [1.54, 1.807) is 42.6 Å². The maximum Gasteiger partial charge on any atom is 0.230 e. The summed E-state index contributed by atoms with van der Waals surface area (Å²) >= 11 is 0. The Hall–Kier alpha value is -3.71. The predicted octanol–water partition coefficient (Wildman–Crippen LogP) is 1.08. The van der Waals surface area contributed by atoms with Gasteiger partial charge in [0, 0.05) is 11.9 Å². The Bertz CT molecular complexity index is 931. The van der Waals surface area contributed by atoms with Crippen molar-refractivity contribution in [3.8, 4) is 11.5 Å². The van der Waals surface area contributed by atoms with E-state index in [0.29, 0.717) is 23.7 Å². The largest absolute Gasteiger partial charge is 0.544 e. The second-order valence-electron chi connectivity index (χ2n) is 6.38. The lowest BCUT2D eigenvalue weighted by Gasteiger charge is -2.16. The molecule has 0 aliphatic rings. The molecule has 0 unspecified atom stereocenters. The number of carboxylic acid groups (broad SMARTS) is 1. The van der Waals surface area contributed by atoms with Crippen molar-refractivity contribution in [3.05, 3.63) is 84.7 Å². The molecule has 1 aromatic heterocycles. The quantitative estimate of drug-likeness (QED) is 0.568. The van der Waals surface area contributed by atoms with E-state index >= 15 is 0 Å². The van der Waals surface area contributed by atoms with Crippen LogP contribution in [0, 0.1) is 0 Å². The van der Waals surface area contributed by atoms with Gasteiger partial charge in [-0.1, -0.05) is 24.3 Å². The van der Waals surface area contributed by atoms with Crippen molar-refractivity contribution >= 4 is 17.6 Å². The van der Waals surface area contributed by atoms with Gasteiger partial charge in [0.1, 0.15) is 24.1 Å². The number of rotatable bonds is 9. The van der Waals surface area contributed by atoms with E-state index < -0.39 is 17.9 Å². The first kappa shape index (κ1) is 20.0. The lowest BCUT2D eigenvalue weighted by atomic mass is 10.2. The van der Waals surface area contributed by atoms with Crippen molar-refractivity contribution in [2.24, 2.45) is 0 Å². The smallest absolute Gasteiger partial charge is 0.230 e. The van der Waals surface area contributed by atoms with Crippen LogP contribution in [0.1, 0.15) is 12.1 Å². The molecule has 0 aliphatic heterocycles. The van der Waals surface area contributed by atoms with Crippen LogP contribution in [0.25, 0.3) is 0 Å². The van der Waals surface area contributed by atoms with E-state index in [1.807, 2.05) is 36.4 Å². The molecule has 148 valence electrons. The summed E-state index contributed by atoms with van der Waals surface area (Å²) in [7, 11) is 0. The molecule has 1 heterocycles. The number of aliphatic carboxylic acids is 1. The van der Waals surface area contributed by atoms with Gasteiger partial charge in [-0.15, -0.1) is 0 Å². The summed E-state index contributed by atoms with van der Waals surface area (Å²) in [4.78, 5) is 27.8. The van der Waals surface area contributed by atoms with Crippen LogP contribution in [-0.4, -0.2) is 22.9 Å². The molecule has 1 amide bonds. The van der Waals surface area contributed by atoms with Crippen LogP contribution in [0.3, 0.4) is 0 Å². The SMILES string of the molecule is O=C(C[C@@H]([NH2+]Cc1ccccn1)C(=O)[O-])Nc1ccc(Oc2ccccc2)cc1. The molecule has 0 radical (unpaired) electrons. The lowest BCUT2D eigenvalue weighted by Crippen LogP contribution is -2.92. The summed E-state index contributed by atoms with van der Waals surface area (Å²) in [6, 6.07) is 20.6. The van der Waals surface area contributed by atoms with E-state index in [-0.39, 0.29) is 6.42 Å². The number of carbonyl (C=O) groups excluding carboxylic acids is 2. The Labute approximate surface area is 168 Å². The van der Waals surface area contributed by atoms with Crippen LogP contribution < -0.4 is 20.5 Å². The summed E-state index contributed by atoms with van der Waals surface area (Å²) in [6.07, 6.45) is 1.42. The topological polar surface area (TPSA) is 108 Å². The molecule has 0 spiro atoms. The Morgan fingerprint density at radius 1 is 0.966 bits per heavy atom. The molecular formula is C22H21N3O4. The van der Waals surface area contributed by atoms with Gasteiger partial charge >= 0.3 is 0 Å². The number of nitrogens with two attached hydrogens (primary N) is 1. The Kier molecular flexibility index (Phi) is 6.91. The Morgan fingerprint density at radius 3 is 2.31 bits per heavy atom. The number of carbonyl (C=O) groups is 2. The maximum atomic E-state index is 12.2. The summed E-state index contributed by atoms with van der Waals surface area (Å²) in [5, 5.41) is 15.6. The fraction of sp³-hybridized carbons (Fsp3) is 0.136. The Morgan fingerprint density at radius 2 is 1.66 bits per heavy atom. The molecule has 0 aliphatic carbocycles. The minimum atomic E-state index is -1.29. The summed E-state index contributed by atoms with van der Waals surface area (Å²) in [5.41, 5.74) is 1.28. The molecule has 29 heavy (non-hydrogen) atoms. The minimum Gasteiger partial charge on any atom is -0.544 e. The lowest BCUT2D eigenvalue weighted by molar-refractivity contribution is -0.697. The first-order valence-electron chi connectivity index (χ1n) is 9.17. The fourth-order valence-corrected chi connectivity index (χ4v) is 2.69. The highest BCUT2D eigenvalue weighted by atomic mass is 16.5. The van der Waals surface area contributed by atoms with Crippen LogP contribution in [0.4, 0.5) is 5.69 Å². The average molecular weight is 391 g/mol. The van der Waals surface area contributed by atoms with Gasteiger partial charge in [0.2, 0.25) is 5.91 Å². The molecule has 0 saturated carbocycles. The monoisotopic (exact) mass is 391 g/mol. The normalized spacial score (nSPS) is 11.4. The third kappa shape index (κ3) is 6.44. The van der Waals surface area contributed by atoms with E-state index in [9.17, 15) is 14.7 Å². The fourth-order valence-electron chi connectivity index (χ4n) is 2.69. The van der Waals surface area contributed by atoms with Crippen molar-refractivity contribution in [3.63, 3.8) is 0 Å². The number of pyridine rings is 1. The number of quaternary nitrogens is 1. The number of para-hydroxylation sites is 1. The van der Waals surface area contributed by atoms with Gasteiger partial charge in [-0.05, 0) is 48.5 Å². The van der Waals surface area contributed by atoms with Gasteiger partial charge in [0.05, 0.1) is 18.1 Å². The van der Waals surface area contributed by atoms with Gasteiger partial charge in [-0.2, -0.15) is 0 Å². The third-order valence-corrected chi connectivity index (χ3v) is 4.16. The van der Waals surface area contributed by atoms with Gasteiger partial charge in [-0.3, -0.25) is 9.78 Å². The molecule has 0 saturated heterocycles. The number of aromatic nitrogens is 1. The van der Waals surface area contributed by atoms with Gasteiger partial charge in [0.15, 0.2) is 0 Å². The second kappa shape index (κ2) is 10.0. The van der Waals surface area contributed by atoms with Crippen molar-refractivity contribution in [2.75, 3.05) is 5.32 Å². The van der Waals surface area contributed by atoms with Gasteiger partial charge in [0.25, 0.3) is 0 Å². The second-order valence-corrected chi connectivity index (χ2v) is 6.38. The standard InChI is InChI=1S/C22H21N3O4/c26-21(14-20(22(27)28)24-15-17-6-4-5-13-23-17)25-16-9-11-19(12-10-16)29-18-7-2-1-3-8-18/h1-13,20,24H,14-15H2,(H,25,26)(H,27,28)/t20-/m1/s1. The highest BCUT2D eigenvalue weighted by Crippen LogP contribution is 2.22. The minimum absolute atomic E-state index is 0.211. The van der Waals surface area contributed by atoms with Crippen LogP contribution in [0.15, 0.2) is 79.0 Å². The maximum absolute atomic E-state index is 12.2. The first-order valence-corrected chi connectivity index (χ1v) is 9.17. The van der Waals surface area contributed by atoms with Crippen LogP contribution in [0.5, 0.6) is 11.5 Å². The van der Waals surface area contributed by atoms with E-state index in [2.05, 4.69) is 10.3 Å². The van der Waals surface area contributed by atoms with Crippen LogP contribution in [0.2, 0.25) is 0 Å². The molecule has 0 fully saturated rings. The zero-order valence-corrected chi connectivity index (χ0v) is 15.7. The molecule has 1 atom stereocenters. The highest BCUT2D eigenvalue weighted by Gasteiger charge is 2.18. The zero-order valence-electron chi connectivity index (χ0n) is 15.7. The van der Waals surface area contributed by atoms with Gasteiger partial charge in [-0.25, -0.2) is 0 Å². The molecule has 7 nitrogen and oxygen atoms in total. The molecular weight excluding hydrogens is 370 g/mol. The number of nitrogens with one attached hydrogen (secondary N) is 1. The summed E-state index contributed by atoms with van der Waals surface area (Å²) in [6.45, 7) is 0.346. The summed E-state index contributed by atoms with van der Waals surface area (Å²) in [5.74, 6) is -0.356. The molecule has 3 N–H and O–H groups in total. The number of benzene rings is 2. The third-order valence-electron chi connectivity index (χ3n) is 4.16. The van der Waals surface area contributed by atoms with E-state index in [4.69, 9.17) is 4.74 Å². The first-order chi connectivity index (χ1) is 14.1. The number of anilines is 1. The van der Waals surface area contributed by atoms with Crippen LogP contribution >= 0.6 is 0 Å². The number of amides is 1.